The van der Waals surface area contributed by atoms with Gasteiger partial charge in [0, 0.05) is 6.61 Å². The minimum absolute atomic E-state index is 0.349. The molecule has 6 nitrogen and oxygen atoms in total. The zero-order valence-corrected chi connectivity index (χ0v) is 10.3. The maximum atomic E-state index is 12.9. The van der Waals surface area contributed by atoms with Crippen LogP contribution in [0.3, 0.4) is 0 Å². The molecule has 0 bridgehead atoms. The Hall–Kier alpha value is -1.58. The van der Waals surface area contributed by atoms with Gasteiger partial charge >= 0.3 is 5.97 Å². The zero-order valence-electron chi connectivity index (χ0n) is 9.51. The summed E-state index contributed by atoms with van der Waals surface area (Å²) in [6.45, 7) is -0.544. The Morgan fingerprint density at radius 1 is 1.32 bits per heavy atom. The summed E-state index contributed by atoms with van der Waals surface area (Å²) in [5.74, 6) is -4.07. The highest BCUT2D eigenvalue weighted by molar-refractivity contribution is 7.89. The predicted molar refractivity (Wildman–Crippen MR) is 59.8 cm³/mol. The second-order valence-corrected chi connectivity index (χ2v) is 5.31. The number of nitrogens with one attached hydrogen (secondary N) is 1. The Labute approximate surface area is 107 Å². The van der Waals surface area contributed by atoms with Gasteiger partial charge in [-0.1, -0.05) is 0 Å². The summed E-state index contributed by atoms with van der Waals surface area (Å²) in [4.78, 5) is 10.1. The number of benzene rings is 1. The normalized spacial score (nSPS) is 13.2. The number of sulfonamides is 1. The molecule has 0 spiro atoms. The first-order valence-corrected chi connectivity index (χ1v) is 6.57. The average molecular weight is 295 g/mol. The van der Waals surface area contributed by atoms with Crippen LogP contribution in [0.25, 0.3) is 0 Å². The molecule has 1 unspecified atom stereocenters. The fraction of sp³-hybridized carbons (Fsp3) is 0.300. The molecule has 1 aromatic rings. The Morgan fingerprint density at radius 3 is 2.42 bits per heavy atom. The van der Waals surface area contributed by atoms with Crippen LogP contribution in [-0.2, 0) is 14.8 Å². The largest absolute Gasteiger partial charge is 0.480 e. The van der Waals surface area contributed by atoms with Crippen molar-refractivity contribution in [3.8, 4) is 0 Å². The molecule has 0 fully saturated rings. The van der Waals surface area contributed by atoms with Crippen molar-refractivity contribution in [3.63, 3.8) is 0 Å². The first kappa shape index (κ1) is 15.5. The Morgan fingerprint density at radius 2 is 1.95 bits per heavy atom. The molecule has 1 rings (SSSR count). The number of rotatable bonds is 6. The van der Waals surface area contributed by atoms with Crippen LogP contribution in [0, 0.1) is 11.6 Å². The summed E-state index contributed by atoms with van der Waals surface area (Å²) in [6, 6.07) is 0.308. The number of aliphatic carboxylic acids is 1. The molecule has 0 aromatic heterocycles. The van der Waals surface area contributed by atoms with Gasteiger partial charge in [0.15, 0.2) is 11.6 Å². The highest BCUT2D eigenvalue weighted by atomic mass is 32.2. The van der Waals surface area contributed by atoms with Crippen LogP contribution in [0.2, 0.25) is 0 Å². The maximum absolute atomic E-state index is 12.9. The van der Waals surface area contributed by atoms with Gasteiger partial charge in [-0.05, 0) is 24.6 Å². The van der Waals surface area contributed by atoms with Gasteiger partial charge in [-0.3, -0.25) is 4.79 Å². The summed E-state index contributed by atoms with van der Waals surface area (Å²) >= 11 is 0. The molecule has 3 N–H and O–H groups in total. The molecular weight excluding hydrogens is 284 g/mol. The average Bonchev–Trinajstić information content (AvgIpc) is 2.31. The molecule has 0 saturated heterocycles. The number of carboxylic acid groups (broad SMARTS) is 1. The number of carbonyl (C=O) groups is 1. The highest BCUT2D eigenvalue weighted by Gasteiger charge is 2.25. The minimum atomic E-state index is -4.31. The molecule has 0 aliphatic carbocycles. The molecule has 0 aliphatic rings. The fourth-order valence-corrected chi connectivity index (χ4v) is 2.50. The van der Waals surface area contributed by atoms with Crippen LogP contribution in [-0.4, -0.2) is 37.2 Å². The third kappa shape index (κ3) is 3.94. The van der Waals surface area contributed by atoms with E-state index < -0.39 is 45.2 Å². The van der Waals surface area contributed by atoms with E-state index in [1.54, 1.807) is 4.72 Å². The van der Waals surface area contributed by atoms with Gasteiger partial charge in [-0.25, -0.2) is 17.2 Å². The van der Waals surface area contributed by atoms with Gasteiger partial charge in [0.05, 0.1) is 4.90 Å². The molecule has 0 aliphatic heterocycles. The molecule has 0 amide bonds. The number of carboxylic acids is 1. The topological polar surface area (TPSA) is 104 Å². The maximum Gasteiger partial charge on any atom is 0.321 e. The summed E-state index contributed by atoms with van der Waals surface area (Å²) in [5.41, 5.74) is 0. The van der Waals surface area contributed by atoms with E-state index in [1.807, 2.05) is 0 Å². The summed E-state index contributed by atoms with van der Waals surface area (Å²) in [6.07, 6.45) is -0.349. The fourth-order valence-electron chi connectivity index (χ4n) is 1.26. The third-order valence-corrected chi connectivity index (χ3v) is 3.68. The van der Waals surface area contributed by atoms with Crippen molar-refractivity contribution in [2.45, 2.75) is 17.4 Å². The lowest BCUT2D eigenvalue weighted by molar-refractivity contribution is -0.139. The lowest BCUT2D eigenvalue weighted by atomic mass is 10.2. The van der Waals surface area contributed by atoms with E-state index in [0.29, 0.717) is 12.1 Å². The van der Waals surface area contributed by atoms with Gasteiger partial charge in [-0.2, -0.15) is 4.72 Å². The Kier molecular flexibility index (Phi) is 4.92. The number of hydrogen-bond donors (Lipinski definition) is 3. The van der Waals surface area contributed by atoms with Gasteiger partial charge in [0.25, 0.3) is 0 Å². The second-order valence-electron chi connectivity index (χ2n) is 3.60. The van der Waals surface area contributed by atoms with E-state index in [2.05, 4.69) is 0 Å². The van der Waals surface area contributed by atoms with Crippen molar-refractivity contribution in [2.24, 2.45) is 0 Å². The number of hydrogen-bond acceptors (Lipinski definition) is 4. The molecule has 0 saturated carbocycles. The van der Waals surface area contributed by atoms with Crippen LogP contribution in [0.1, 0.15) is 6.42 Å². The van der Waals surface area contributed by atoms with Crippen LogP contribution >= 0.6 is 0 Å². The van der Waals surface area contributed by atoms with Crippen molar-refractivity contribution in [2.75, 3.05) is 6.61 Å². The van der Waals surface area contributed by atoms with Crippen molar-refractivity contribution in [1.29, 1.82) is 0 Å². The number of halogens is 2. The van der Waals surface area contributed by atoms with Gasteiger partial charge in [0.2, 0.25) is 10.0 Å². The molecule has 19 heavy (non-hydrogen) atoms. The predicted octanol–water partition coefficient (Wildman–Crippen LogP) is 0.0787. The highest BCUT2D eigenvalue weighted by Crippen LogP contribution is 2.14. The van der Waals surface area contributed by atoms with E-state index in [-0.39, 0.29) is 6.42 Å². The van der Waals surface area contributed by atoms with Crippen molar-refractivity contribution >= 4 is 16.0 Å². The van der Waals surface area contributed by atoms with E-state index in [4.69, 9.17) is 10.2 Å². The standard InChI is InChI=1S/C10H11F2NO5S/c11-7-2-1-6(5-8(7)12)19(17,18)13-9(3-4-14)10(15)16/h1-2,5,9,13-14H,3-4H2,(H,15,16). The summed E-state index contributed by atoms with van der Waals surface area (Å²) < 4.78 is 50.9. The van der Waals surface area contributed by atoms with Gasteiger partial charge in [0.1, 0.15) is 6.04 Å². The van der Waals surface area contributed by atoms with Crippen molar-refractivity contribution in [3.05, 3.63) is 29.8 Å². The van der Waals surface area contributed by atoms with Gasteiger partial charge in [-0.15, -0.1) is 0 Å². The first-order chi connectivity index (χ1) is 8.77. The summed E-state index contributed by atoms with van der Waals surface area (Å²) in [7, 11) is -4.31. The van der Waals surface area contributed by atoms with E-state index in [0.717, 1.165) is 6.07 Å². The van der Waals surface area contributed by atoms with Gasteiger partial charge < -0.3 is 10.2 Å². The van der Waals surface area contributed by atoms with Crippen molar-refractivity contribution < 1.29 is 32.2 Å². The van der Waals surface area contributed by atoms with E-state index >= 15 is 0 Å². The van der Waals surface area contributed by atoms with Crippen LogP contribution in [0.4, 0.5) is 8.78 Å². The monoisotopic (exact) mass is 295 g/mol. The molecular formula is C10H11F2NO5S. The Balaban J connectivity index is 3.03. The quantitative estimate of drug-likeness (QED) is 0.689. The lowest BCUT2D eigenvalue weighted by Crippen LogP contribution is -2.41. The van der Waals surface area contributed by atoms with Crippen LogP contribution in [0.15, 0.2) is 23.1 Å². The van der Waals surface area contributed by atoms with Crippen LogP contribution < -0.4 is 4.72 Å². The molecule has 1 atom stereocenters. The first-order valence-electron chi connectivity index (χ1n) is 5.09. The lowest BCUT2D eigenvalue weighted by Gasteiger charge is -2.13. The molecule has 9 heteroatoms. The zero-order chi connectivity index (χ0) is 14.6. The summed E-state index contributed by atoms with van der Waals surface area (Å²) in [5, 5.41) is 17.4. The van der Waals surface area contributed by atoms with Crippen molar-refractivity contribution in [1.82, 2.24) is 4.72 Å². The van der Waals surface area contributed by atoms with Crippen LogP contribution in [0.5, 0.6) is 0 Å². The van der Waals surface area contributed by atoms with E-state index in [9.17, 15) is 22.0 Å². The Bertz CT molecular complexity index is 575. The number of aliphatic hydroxyl groups is 1. The molecule has 1 aromatic carbocycles. The third-order valence-electron chi connectivity index (χ3n) is 2.21. The SMILES string of the molecule is O=C(O)C(CCO)NS(=O)(=O)c1ccc(F)c(F)c1. The molecule has 106 valence electrons. The second kappa shape index (κ2) is 6.04. The smallest absolute Gasteiger partial charge is 0.321 e. The number of aliphatic hydroxyl groups excluding tert-OH is 1. The molecule has 0 radical (unpaired) electrons. The minimum Gasteiger partial charge on any atom is -0.480 e. The molecule has 0 heterocycles. The van der Waals surface area contributed by atoms with E-state index in [1.165, 1.54) is 0 Å².